The number of halogens is 1. The van der Waals surface area contributed by atoms with Crippen LogP contribution in [0, 0.1) is 5.92 Å². The minimum atomic E-state index is -0.669. The highest BCUT2D eigenvalue weighted by atomic mass is 35.5. The highest BCUT2D eigenvalue weighted by Gasteiger charge is 2.28. The first-order valence-corrected chi connectivity index (χ1v) is 13.1. The molecular weight excluding hydrogens is 512 g/mol. The van der Waals surface area contributed by atoms with Crippen LogP contribution in [-0.4, -0.2) is 100 Å². The van der Waals surface area contributed by atoms with E-state index in [9.17, 15) is 9.90 Å². The zero-order valence-electron chi connectivity index (χ0n) is 22.8. The van der Waals surface area contributed by atoms with Crippen LogP contribution in [0.1, 0.15) is 24.2 Å². The number of hydrogen-bond donors (Lipinski definition) is 1. The van der Waals surface area contributed by atoms with Gasteiger partial charge in [0.25, 0.3) is 5.91 Å². The van der Waals surface area contributed by atoms with Crippen molar-refractivity contribution in [2.45, 2.75) is 26.1 Å². The lowest BCUT2D eigenvalue weighted by Crippen LogP contribution is -2.51. The fourth-order valence-electron chi connectivity index (χ4n) is 4.44. The maximum absolute atomic E-state index is 13.6. The molecule has 1 aliphatic heterocycles. The molecule has 1 amide bonds. The monoisotopic (exact) mass is 550 g/mol. The molecule has 1 saturated heterocycles. The van der Waals surface area contributed by atoms with Crippen LogP contribution in [0.4, 0.5) is 0 Å². The Kier molecular flexibility index (Phi) is 11.3. The summed E-state index contributed by atoms with van der Waals surface area (Å²) < 4.78 is 28.0. The van der Waals surface area contributed by atoms with Gasteiger partial charge in [-0.1, -0.05) is 25.4 Å². The fraction of sp³-hybridized carbons (Fsp3) is 0.536. The Bertz CT molecular complexity index is 1010. The largest absolute Gasteiger partial charge is 0.493 e. The van der Waals surface area contributed by atoms with Gasteiger partial charge in [0, 0.05) is 43.3 Å². The molecule has 0 spiro atoms. The molecule has 2 atom stereocenters. The van der Waals surface area contributed by atoms with Gasteiger partial charge >= 0.3 is 0 Å². The Hall–Kier alpha value is -2.72. The molecule has 2 aromatic rings. The Morgan fingerprint density at radius 3 is 2.37 bits per heavy atom. The molecular formula is C28H39ClN2O7. The molecule has 0 unspecified atom stereocenters. The molecule has 1 heterocycles. The summed E-state index contributed by atoms with van der Waals surface area (Å²) in [4.78, 5) is 17.6. The highest BCUT2D eigenvalue weighted by Crippen LogP contribution is 2.38. The van der Waals surface area contributed by atoms with E-state index in [1.807, 2.05) is 0 Å². The lowest BCUT2D eigenvalue weighted by Gasteiger charge is -2.37. The number of aliphatic hydroxyl groups is 1. The van der Waals surface area contributed by atoms with Gasteiger partial charge in [-0.15, -0.1) is 0 Å². The van der Waals surface area contributed by atoms with E-state index in [0.29, 0.717) is 72.9 Å². The van der Waals surface area contributed by atoms with Crippen molar-refractivity contribution in [3.8, 4) is 23.0 Å². The lowest BCUT2D eigenvalue weighted by molar-refractivity contribution is -0.0542. The van der Waals surface area contributed by atoms with Crippen LogP contribution in [0.2, 0.25) is 5.02 Å². The number of amides is 1. The second-order valence-corrected chi connectivity index (χ2v) is 10.1. The van der Waals surface area contributed by atoms with Gasteiger partial charge in [0.15, 0.2) is 11.5 Å². The topological polar surface area (TPSA) is 89.9 Å². The molecule has 1 N–H and O–H groups in total. The molecule has 2 aromatic carbocycles. The average Bonchev–Trinajstić information content (AvgIpc) is 2.91. The standard InChI is InChI=1S/C28H39ClN2O7/c1-19(2)14-31(28(33)20-12-25(34-3)27(36-5)26(13-20)35-4)17-24-16-30(10-11-37-24)15-22(32)18-38-23-8-6-21(29)7-9-23/h6-9,12-13,19,22,24,32H,10-11,14-18H2,1-5H3/t22-,24+/m0/s1. The number of carbonyl (C=O) groups excluding carboxylic acids is 1. The van der Waals surface area contributed by atoms with E-state index in [-0.39, 0.29) is 24.5 Å². The minimum absolute atomic E-state index is 0.143. The van der Waals surface area contributed by atoms with E-state index in [0.717, 1.165) is 0 Å². The van der Waals surface area contributed by atoms with Crippen LogP contribution in [0.25, 0.3) is 0 Å². The first kappa shape index (κ1) is 29.8. The van der Waals surface area contributed by atoms with Gasteiger partial charge in [-0.05, 0) is 42.3 Å². The van der Waals surface area contributed by atoms with Gasteiger partial charge in [0.2, 0.25) is 5.75 Å². The van der Waals surface area contributed by atoms with E-state index in [2.05, 4.69) is 18.7 Å². The molecule has 1 fully saturated rings. The molecule has 38 heavy (non-hydrogen) atoms. The van der Waals surface area contributed by atoms with Gasteiger partial charge in [0.05, 0.1) is 34.0 Å². The number of nitrogens with zero attached hydrogens (tertiary/aromatic N) is 2. The van der Waals surface area contributed by atoms with Crippen molar-refractivity contribution in [3.63, 3.8) is 0 Å². The first-order chi connectivity index (χ1) is 18.2. The van der Waals surface area contributed by atoms with Gasteiger partial charge < -0.3 is 33.7 Å². The van der Waals surface area contributed by atoms with Gasteiger partial charge in [-0.3, -0.25) is 9.69 Å². The number of benzene rings is 2. The zero-order chi connectivity index (χ0) is 27.7. The summed E-state index contributed by atoms with van der Waals surface area (Å²) in [5.41, 5.74) is 0.447. The summed E-state index contributed by atoms with van der Waals surface area (Å²) in [6.45, 7) is 7.54. The van der Waals surface area contributed by atoms with E-state index in [1.165, 1.54) is 21.3 Å². The number of morpholine rings is 1. The predicted molar refractivity (Wildman–Crippen MR) is 146 cm³/mol. The molecule has 0 aromatic heterocycles. The van der Waals surface area contributed by atoms with E-state index < -0.39 is 6.10 Å². The molecule has 0 bridgehead atoms. The summed E-state index contributed by atoms with van der Waals surface area (Å²) in [5, 5.41) is 11.2. The van der Waals surface area contributed by atoms with Crippen molar-refractivity contribution in [3.05, 3.63) is 47.0 Å². The molecule has 0 saturated carbocycles. The number of carbonyl (C=O) groups is 1. The Morgan fingerprint density at radius 2 is 1.79 bits per heavy atom. The highest BCUT2D eigenvalue weighted by molar-refractivity contribution is 6.30. The summed E-state index contributed by atoms with van der Waals surface area (Å²) in [6, 6.07) is 10.4. The van der Waals surface area contributed by atoms with Crippen molar-refractivity contribution in [2.75, 3.05) is 67.3 Å². The van der Waals surface area contributed by atoms with Crippen molar-refractivity contribution in [1.29, 1.82) is 0 Å². The van der Waals surface area contributed by atoms with Gasteiger partial charge in [-0.2, -0.15) is 0 Å². The van der Waals surface area contributed by atoms with Crippen molar-refractivity contribution in [1.82, 2.24) is 9.80 Å². The lowest BCUT2D eigenvalue weighted by atomic mass is 10.1. The number of β-amino-alcohol motifs (C(OH)–C–C–N with tert-alkyl or cyclic N) is 1. The second kappa shape index (κ2) is 14.4. The summed E-state index contributed by atoms with van der Waals surface area (Å²) in [6.07, 6.45) is -0.866. The third kappa shape index (κ3) is 8.39. The van der Waals surface area contributed by atoms with Crippen molar-refractivity contribution < 1.29 is 33.6 Å². The Morgan fingerprint density at radius 1 is 1.13 bits per heavy atom. The van der Waals surface area contributed by atoms with Crippen LogP contribution >= 0.6 is 11.6 Å². The maximum Gasteiger partial charge on any atom is 0.254 e. The number of aliphatic hydroxyl groups excluding tert-OH is 1. The molecule has 0 radical (unpaired) electrons. The number of rotatable bonds is 13. The molecule has 10 heteroatoms. The zero-order valence-corrected chi connectivity index (χ0v) is 23.6. The van der Waals surface area contributed by atoms with Crippen LogP contribution in [-0.2, 0) is 4.74 Å². The summed E-state index contributed by atoms with van der Waals surface area (Å²) in [7, 11) is 4.58. The molecule has 9 nitrogen and oxygen atoms in total. The molecule has 0 aliphatic carbocycles. The van der Waals surface area contributed by atoms with E-state index in [4.69, 9.17) is 35.3 Å². The second-order valence-electron chi connectivity index (χ2n) is 9.69. The fourth-order valence-corrected chi connectivity index (χ4v) is 4.57. The third-order valence-corrected chi connectivity index (χ3v) is 6.41. The number of methoxy groups -OCH3 is 3. The number of ether oxygens (including phenoxy) is 5. The van der Waals surface area contributed by atoms with Gasteiger partial charge in [0.1, 0.15) is 18.5 Å². The average molecular weight is 551 g/mol. The Labute approximate surface area is 230 Å². The molecule has 3 rings (SSSR count). The van der Waals surface area contributed by atoms with Crippen LogP contribution in [0.3, 0.4) is 0 Å². The molecule has 1 aliphatic rings. The SMILES string of the molecule is COc1cc(C(=O)N(CC(C)C)C[C@H]2CN(C[C@H](O)COc3ccc(Cl)cc3)CCO2)cc(OC)c1OC. The summed E-state index contributed by atoms with van der Waals surface area (Å²) in [5.74, 6) is 2.06. The third-order valence-electron chi connectivity index (χ3n) is 6.16. The van der Waals surface area contributed by atoms with Crippen LogP contribution in [0.15, 0.2) is 36.4 Å². The molecule has 210 valence electrons. The normalized spacial score (nSPS) is 16.7. The van der Waals surface area contributed by atoms with Gasteiger partial charge in [-0.25, -0.2) is 0 Å². The predicted octanol–water partition coefficient (Wildman–Crippen LogP) is 3.60. The van der Waals surface area contributed by atoms with Crippen LogP contribution in [0.5, 0.6) is 23.0 Å². The van der Waals surface area contributed by atoms with Crippen molar-refractivity contribution >= 4 is 17.5 Å². The van der Waals surface area contributed by atoms with Crippen LogP contribution < -0.4 is 18.9 Å². The number of hydrogen-bond acceptors (Lipinski definition) is 8. The van der Waals surface area contributed by atoms with Crippen molar-refractivity contribution in [2.24, 2.45) is 5.92 Å². The maximum atomic E-state index is 13.6. The van der Waals surface area contributed by atoms with E-state index >= 15 is 0 Å². The first-order valence-electron chi connectivity index (χ1n) is 12.7. The van der Waals surface area contributed by atoms with E-state index in [1.54, 1.807) is 41.3 Å². The smallest absolute Gasteiger partial charge is 0.254 e. The summed E-state index contributed by atoms with van der Waals surface area (Å²) >= 11 is 5.91. The Balaban J connectivity index is 1.63. The quantitative estimate of drug-likeness (QED) is 0.405. The minimum Gasteiger partial charge on any atom is -0.493 e.